The van der Waals surface area contributed by atoms with E-state index in [0.29, 0.717) is 41.1 Å². The predicted octanol–water partition coefficient (Wildman–Crippen LogP) is 3.71. The highest BCUT2D eigenvalue weighted by Crippen LogP contribution is 2.27. The Bertz CT molecular complexity index is 826. The van der Waals surface area contributed by atoms with Gasteiger partial charge in [-0.1, -0.05) is 35.0 Å². The molecule has 144 valence electrons. The molecule has 0 bridgehead atoms. The third-order valence-electron chi connectivity index (χ3n) is 4.02. The summed E-state index contributed by atoms with van der Waals surface area (Å²) in [6.45, 7) is 0.968. The highest BCUT2D eigenvalue weighted by atomic mass is 35.5. The second-order valence-electron chi connectivity index (χ2n) is 5.91. The minimum absolute atomic E-state index is 0.00772. The summed E-state index contributed by atoms with van der Waals surface area (Å²) < 4.78 is 6.55. The van der Waals surface area contributed by atoms with Crippen LogP contribution in [0.5, 0.6) is 5.75 Å². The van der Waals surface area contributed by atoms with Crippen LogP contribution in [0.4, 0.5) is 0 Å². The third-order valence-corrected chi connectivity index (χ3v) is 6.46. The maximum Gasteiger partial charge on any atom is 0.268 e. The number of rotatable bonds is 8. The van der Waals surface area contributed by atoms with E-state index in [2.05, 4.69) is 4.98 Å². The number of halogens is 2. The normalized spacial score (nSPS) is 16.7. The average Bonchev–Trinajstić information content (AvgIpc) is 3.20. The molecule has 3 rings (SSSR count). The van der Waals surface area contributed by atoms with E-state index >= 15 is 0 Å². The first-order valence-corrected chi connectivity index (χ1v) is 10.8. The quantitative estimate of drug-likeness (QED) is 0.625. The fourth-order valence-corrected chi connectivity index (χ4v) is 5.08. The lowest BCUT2D eigenvalue weighted by atomic mass is 10.2. The lowest BCUT2D eigenvalue weighted by molar-refractivity contribution is -0.129. The Labute approximate surface area is 175 Å². The number of nitrogens with zero attached hydrogens (tertiary/aromatic N) is 2. The van der Waals surface area contributed by atoms with Crippen LogP contribution in [0.25, 0.3) is 0 Å². The van der Waals surface area contributed by atoms with Gasteiger partial charge in [-0.3, -0.25) is 9.59 Å². The Morgan fingerprint density at radius 1 is 1.37 bits per heavy atom. The highest BCUT2D eigenvalue weighted by molar-refractivity contribution is 8.01. The smallest absolute Gasteiger partial charge is 0.268 e. The number of aromatic nitrogens is 1. The van der Waals surface area contributed by atoms with Crippen molar-refractivity contribution in [3.8, 4) is 5.75 Å². The summed E-state index contributed by atoms with van der Waals surface area (Å²) in [5.74, 6) is 0.844. The van der Waals surface area contributed by atoms with Gasteiger partial charge in [0.25, 0.3) is 5.91 Å². The largest absolute Gasteiger partial charge is 0.491 e. The molecule has 0 radical (unpaired) electrons. The molecule has 1 saturated heterocycles. The Kier molecular flexibility index (Phi) is 6.86. The first kappa shape index (κ1) is 20.3. The molecule has 1 atom stereocenters. The number of hydrogen-bond donors (Lipinski definition) is 1. The molecule has 6 nitrogen and oxygen atoms in total. The molecule has 0 spiro atoms. The van der Waals surface area contributed by atoms with E-state index in [1.165, 1.54) is 23.1 Å². The second-order valence-corrected chi connectivity index (χ2v) is 8.98. The van der Waals surface area contributed by atoms with Crippen LogP contribution < -0.4 is 10.5 Å². The van der Waals surface area contributed by atoms with Crippen molar-refractivity contribution in [2.24, 2.45) is 5.73 Å². The molecule has 27 heavy (non-hydrogen) atoms. The summed E-state index contributed by atoms with van der Waals surface area (Å²) in [5.41, 5.74) is 5.47. The van der Waals surface area contributed by atoms with Gasteiger partial charge in [0.05, 0.1) is 6.04 Å². The number of likely N-dealkylation sites (tertiary alicyclic amines) is 1. The number of thioether (sulfide) groups is 1. The topological polar surface area (TPSA) is 85.5 Å². The molecule has 1 aliphatic rings. The van der Waals surface area contributed by atoms with Crippen molar-refractivity contribution in [2.45, 2.75) is 23.2 Å². The summed E-state index contributed by atoms with van der Waals surface area (Å²) >= 11 is 14.8. The maximum atomic E-state index is 12.2. The monoisotopic (exact) mass is 445 g/mol. The molecule has 1 fully saturated rings. The van der Waals surface area contributed by atoms with Gasteiger partial charge in [-0.25, -0.2) is 4.98 Å². The molecular weight excluding hydrogens is 429 g/mol. The molecule has 2 heterocycles. The van der Waals surface area contributed by atoms with Crippen molar-refractivity contribution >= 4 is 58.1 Å². The van der Waals surface area contributed by atoms with Gasteiger partial charge in [-0.2, -0.15) is 0 Å². The van der Waals surface area contributed by atoms with Gasteiger partial charge >= 0.3 is 0 Å². The van der Waals surface area contributed by atoms with E-state index in [1.807, 2.05) is 4.90 Å². The number of nitrogens with two attached hydrogens (primary N) is 1. The average molecular weight is 446 g/mol. The number of thiazole rings is 1. The molecule has 1 aromatic carbocycles. The summed E-state index contributed by atoms with van der Waals surface area (Å²) in [5, 5.41) is 2.65. The molecule has 2 amide bonds. The predicted molar refractivity (Wildman–Crippen MR) is 108 cm³/mol. The summed E-state index contributed by atoms with van der Waals surface area (Å²) in [4.78, 5) is 29.3. The highest BCUT2D eigenvalue weighted by Gasteiger charge is 2.31. The molecule has 0 aliphatic carbocycles. The molecule has 2 aromatic rings. The summed E-state index contributed by atoms with van der Waals surface area (Å²) in [6, 6.07) is 5.04. The molecule has 2 N–H and O–H groups in total. The van der Waals surface area contributed by atoms with Gasteiger partial charge in [0.1, 0.15) is 18.1 Å². The molecule has 1 aliphatic heterocycles. The Morgan fingerprint density at radius 3 is 2.78 bits per heavy atom. The van der Waals surface area contributed by atoms with Crippen molar-refractivity contribution in [3.05, 3.63) is 39.3 Å². The van der Waals surface area contributed by atoms with Crippen LogP contribution in [0, 0.1) is 0 Å². The lowest BCUT2D eigenvalue weighted by Gasteiger charge is -2.24. The lowest BCUT2D eigenvalue weighted by Crippen LogP contribution is -2.38. The van der Waals surface area contributed by atoms with Gasteiger partial charge in [0.15, 0.2) is 4.34 Å². The van der Waals surface area contributed by atoms with Crippen molar-refractivity contribution in [1.29, 1.82) is 0 Å². The number of carbonyl (C=O) groups excluding carboxylic acids is 2. The van der Waals surface area contributed by atoms with Gasteiger partial charge in [-0.15, -0.1) is 11.3 Å². The zero-order valence-electron chi connectivity index (χ0n) is 14.2. The maximum absolute atomic E-state index is 12.2. The van der Waals surface area contributed by atoms with Crippen LogP contribution >= 0.6 is 46.3 Å². The first-order valence-electron chi connectivity index (χ1n) is 8.19. The molecule has 10 heteroatoms. The molecular formula is C17H17Cl2N3O3S2. The van der Waals surface area contributed by atoms with E-state index in [4.69, 9.17) is 33.7 Å². The number of hydrogen-bond acceptors (Lipinski definition) is 6. The van der Waals surface area contributed by atoms with Crippen LogP contribution in [0.15, 0.2) is 27.9 Å². The van der Waals surface area contributed by atoms with Crippen LogP contribution in [0.1, 0.15) is 23.3 Å². The second kappa shape index (κ2) is 9.14. The van der Waals surface area contributed by atoms with Crippen LogP contribution in [0.2, 0.25) is 10.0 Å². The number of benzene rings is 1. The number of amides is 2. The Hall–Kier alpha value is -1.48. The SMILES string of the molecule is NC(=O)c1csc(SCCN2C(=O)CC[C@@H]2COc2cc(Cl)cc(Cl)c2)n1. The number of ether oxygens (including phenoxy) is 1. The summed E-state index contributed by atoms with van der Waals surface area (Å²) in [7, 11) is 0. The van der Waals surface area contributed by atoms with Gasteiger partial charge in [0.2, 0.25) is 5.91 Å². The van der Waals surface area contributed by atoms with Gasteiger partial charge in [-0.05, 0) is 24.6 Å². The Balaban J connectivity index is 1.51. The Morgan fingerprint density at radius 2 is 2.11 bits per heavy atom. The zero-order valence-corrected chi connectivity index (χ0v) is 17.3. The minimum Gasteiger partial charge on any atom is -0.491 e. The van der Waals surface area contributed by atoms with E-state index in [-0.39, 0.29) is 17.6 Å². The van der Waals surface area contributed by atoms with Gasteiger partial charge in [0, 0.05) is 34.1 Å². The van der Waals surface area contributed by atoms with Crippen molar-refractivity contribution in [1.82, 2.24) is 9.88 Å². The van der Waals surface area contributed by atoms with E-state index in [9.17, 15) is 9.59 Å². The van der Waals surface area contributed by atoms with E-state index in [1.54, 1.807) is 23.6 Å². The first-order chi connectivity index (χ1) is 12.9. The van der Waals surface area contributed by atoms with E-state index < -0.39 is 5.91 Å². The third kappa shape index (κ3) is 5.51. The minimum atomic E-state index is -0.536. The van der Waals surface area contributed by atoms with Crippen molar-refractivity contribution in [3.63, 3.8) is 0 Å². The fourth-order valence-electron chi connectivity index (χ4n) is 2.75. The van der Waals surface area contributed by atoms with Crippen molar-refractivity contribution < 1.29 is 14.3 Å². The van der Waals surface area contributed by atoms with Crippen LogP contribution in [-0.2, 0) is 4.79 Å². The van der Waals surface area contributed by atoms with Crippen molar-refractivity contribution in [2.75, 3.05) is 18.9 Å². The fraction of sp³-hybridized carbons (Fsp3) is 0.353. The van der Waals surface area contributed by atoms with Gasteiger partial charge < -0.3 is 15.4 Å². The summed E-state index contributed by atoms with van der Waals surface area (Å²) in [6.07, 6.45) is 1.26. The standard InChI is InChI=1S/C17H17Cl2N3O3S2/c18-10-5-11(19)7-13(6-10)25-8-12-1-2-15(23)22(12)3-4-26-17-21-14(9-27-17)16(20)24/h5-7,9,12H,1-4,8H2,(H2,20,24)/t12-/m1/s1. The molecule has 0 saturated carbocycles. The van der Waals surface area contributed by atoms with Crippen LogP contribution in [-0.4, -0.2) is 46.6 Å². The van der Waals surface area contributed by atoms with Crippen LogP contribution in [0.3, 0.4) is 0 Å². The number of primary amides is 1. The molecule has 0 unspecified atom stereocenters. The molecule has 1 aromatic heterocycles. The number of carbonyl (C=O) groups is 2. The van der Waals surface area contributed by atoms with E-state index in [0.717, 1.165) is 10.8 Å². The zero-order chi connectivity index (χ0) is 19.4.